The first-order valence-electron chi connectivity index (χ1n) is 8.96. The summed E-state index contributed by atoms with van der Waals surface area (Å²) in [4.78, 5) is 25.3. The molecule has 144 valence electrons. The summed E-state index contributed by atoms with van der Waals surface area (Å²) in [7, 11) is 0. The van der Waals surface area contributed by atoms with E-state index >= 15 is 0 Å². The molecule has 0 radical (unpaired) electrons. The number of fused-ring (bicyclic) bond motifs is 1. The fourth-order valence-corrected chi connectivity index (χ4v) is 4.62. The topological polar surface area (TPSA) is 88.5 Å². The number of aryl methyl sites for hydroxylation is 4. The molecule has 2 N–H and O–H groups in total. The average molecular weight is 412 g/mol. The van der Waals surface area contributed by atoms with E-state index in [4.69, 9.17) is 4.98 Å². The van der Waals surface area contributed by atoms with Crippen molar-refractivity contribution in [1.29, 1.82) is 0 Å². The van der Waals surface area contributed by atoms with Crippen LogP contribution in [0, 0.1) is 27.7 Å². The largest absolute Gasteiger partial charge is 0.361 e. The Morgan fingerprint density at radius 2 is 1.36 bits per heavy atom. The van der Waals surface area contributed by atoms with Gasteiger partial charge in [0.15, 0.2) is 17.3 Å². The SMILES string of the molecule is Cc1nc(CNc2nc3cccnc3nc2NCc2nc(C)sc2C)c(C)s1. The Hall–Kier alpha value is -2.65. The maximum Gasteiger partial charge on any atom is 0.180 e. The van der Waals surface area contributed by atoms with Gasteiger partial charge in [-0.25, -0.2) is 24.9 Å². The zero-order valence-electron chi connectivity index (χ0n) is 16.2. The van der Waals surface area contributed by atoms with Crippen molar-refractivity contribution < 1.29 is 0 Å². The summed E-state index contributed by atoms with van der Waals surface area (Å²) in [6, 6.07) is 3.78. The Morgan fingerprint density at radius 3 is 1.89 bits per heavy atom. The molecule has 0 bridgehead atoms. The zero-order chi connectivity index (χ0) is 19.7. The number of rotatable bonds is 6. The lowest BCUT2D eigenvalue weighted by Gasteiger charge is -2.12. The van der Waals surface area contributed by atoms with Crippen molar-refractivity contribution in [2.75, 3.05) is 10.6 Å². The van der Waals surface area contributed by atoms with Crippen molar-refractivity contribution >= 4 is 45.5 Å². The Labute approximate surface area is 171 Å². The summed E-state index contributed by atoms with van der Waals surface area (Å²) >= 11 is 3.40. The van der Waals surface area contributed by atoms with Gasteiger partial charge >= 0.3 is 0 Å². The second kappa shape index (κ2) is 7.76. The number of hydrogen-bond acceptors (Lipinski definition) is 9. The van der Waals surface area contributed by atoms with Gasteiger partial charge in [0, 0.05) is 16.0 Å². The third-order valence-corrected chi connectivity index (χ3v) is 6.14. The second-order valence-corrected chi connectivity index (χ2v) is 9.26. The number of anilines is 2. The minimum absolute atomic E-state index is 0.590. The van der Waals surface area contributed by atoms with Crippen LogP contribution in [0.25, 0.3) is 11.2 Å². The van der Waals surface area contributed by atoms with Crippen LogP contribution in [-0.4, -0.2) is 24.9 Å². The van der Waals surface area contributed by atoms with Gasteiger partial charge in [-0.1, -0.05) is 0 Å². The van der Waals surface area contributed by atoms with Crippen molar-refractivity contribution in [3.05, 3.63) is 49.5 Å². The summed E-state index contributed by atoms with van der Waals surface area (Å²) < 4.78 is 0. The van der Waals surface area contributed by atoms with E-state index in [1.54, 1.807) is 28.9 Å². The fourth-order valence-electron chi connectivity index (χ4n) is 2.95. The normalized spacial score (nSPS) is 11.1. The standard InChI is InChI=1S/C19H21N7S2/c1-10-15(23-12(3)27-10)8-21-18-19(22-9-16-11(2)28-13(4)24-16)26-17-14(25-18)6-5-7-20-17/h5-7H,8-9H2,1-4H3,(H,21,25)(H,20,22,26). The van der Waals surface area contributed by atoms with E-state index < -0.39 is 0 Å². The highest BCUT2D eigenvalue weighted by Gasteiger charge is 2.13. The van der Waals surface area contributed by atoms with Gasteiger partial charge in [0.1, 0.15) is 5.52 Å². The highest BCUT2D eigenvalue weighted by Crippen LogP contribution is 2.24. The van der Waals surface area contributed by atoms with Gasteiger partial charge < -0.3 is 10.6 Å². The van der Waals surface area contributed by atoms with Crippen LogP contribution >= 0.6 is 22.7 Å². The molecule has 28 heavy (non-hydrogen) atoms. The molecule has 4 heterocycles. The Balaban J connectivity index is 1.62. The van der Waals surface area contributed by atoms with E-state index in [1.807, 2.05) is 26.0 Å². The van der Waals surface area contributed by atoms with Crippen molar-refractivity contribution in [2.45, 2.75) is 40.8 Å². The van der Waals surface area contributed by atoms with Crippen LogP contribution in [0.1, 0.15) is 31.2 Å². The van der Waals surface area contributed by atoms with Gasteiger partial charge in [-0.3, -0.25) is 0 Å². The molecule has 0 saturated carbocycles. The van der Waals surface area contributed by atoms with Crippen molar-refractivity contribution in [3.63, 3.8) is 0 Å². The van der Waals surface area contributed by atoms with Gasteiger partial charge in [-0.2, -0.15) is 0 Å². The van der Waals surface area contributed by atoms with E-state index in [0.717, 1.165) is 26.9 Å². The van der Waals surface area contributed by atoms with Gasteiger partial charge in [0.25, 0.3) is 0 Å². The average Bonchev–Trinajstić information content (AvgIpc) is 3.17. The number of hydrogen-bond donors (Lipinski definition) is 2. The van der Waals surface area contributed by atoms with Crippen molar-refractivity contribution in [2.24, 2.45) is 0 Å². The molecule has 0 aliphatic carbocycles. The molecule has 0 saturated heterocycles. The molecular weight excluding hydrogens is 390 g/mol. The molecule has 0 spiro atoms. The van der Waals surface area contributed by atoms with Crippen molar-refractivity contribution in [3.8, 4) is 0 Å². The minimum Gasteiger partial charge on any atom is -0.361 e. The van der Waals surface area contributed by atoms with Crippen LogP contribution in [-0.2, 0) is 13.1 Å². The molecule has 4 aromatic heterocycles. The van der Waals surface area contributed by atoms with Crippen LogP contribution in [0.4, 0.5) is 11.6 Å². The predicted molar refractivity (Wildman–Crippen MR) is 115 cm³/mol. The molecule has 4 aromatic rings. The molecule has 7 nitrogen and oxygen atoms in total. The lowest BCUT2D eigenvalue weighted by molar-refractivity contribution is 0.998. The Morgan fingerprint density at radius 1 is 0.786 bits per heavy atom. The highest BCUT2D eigenvalue weighted by atomic mass is 32.1. The van der Waals surface area contributed by atoms with Gasteiger partial charge in [0.2, 0.25) is 0 Å². The van der Waals surface area contributed by atoms with Crippen LogP contribution in [0.5, 0.6) is 0 Å². The van der Waals surface area contributed by atoms with E-state index in [9.17, 15) is 0 Å². The number of pyridine rings is 1. The molecule has 0 amide bonds. The van der Waals surface area contributed by atoms with Gasteiger partial charge in [-0.15, -0.1) is 22.7 Å². The molecule has 0 unspecified atom stereocenters. The minimum atomic E-state index is 0.590. The van der Waals surface area contributed by atoms with Crippen LogP contribution in [0.2, 0.25) is 0 Å². The molecule has 0 atom stereocenters. The lowest BCUT2D eigenvalue weighted by atomic mass is 10.3. The van der Waals surface area contributed by atoms with Crippen LogP contribution in [0.3, 0.4) is 0 Å². The lowest BCUT2D eigenvalue weighted by Crippen LogP contribution is -2.10. The summed E-state index contributed by atoms with van der Waals surface area (Å²) in [6.07, 6.45) is 1.73. The molecule has 9 heteroatoms. The van der Waals surface area contributed by atoms with Crippen molar-refractivity contribution in [1.82, 2.24) is 24.9 Å². The molecule has 0 fully saturated rings. The van der Waals surface area contributed by atoms with Gasteiger partial charge in [0.05, 0.1) is 34.5 Å². The van der Waals surface area contributed by atoms with Gasteiger partial charge in [-0.05, 0) is 39.8 Å². The molecule has 4 rings (SSSR count). The maximum absolute atomic E-state index is 4.73. The smallest absolute Gasteiger partial charge is 0.180 e. The summed E-state index contributed by atoms with van der Waals surface area (Å²) in [6.45, 7) is 9.40. The number of nitrogens with zero attached hydrogens (tertiary/aromatic N) is 5. The van der Waals surface area contributed by atoms with E-state index in [1.165, 1.54) is 9.75 Å². The number of nitrogens with one attached hydrogen (secondary N) is 2. The van der Waals surface area contributed by atoms with Crippen LogP contribution < -0.4 is 10.6 Å². The molecular formula is C19H21N7S2. The molecule has 0 aromatic carbocycles. The van der Waals surface area contributed by atoms with E-state index in [0.29, 0.717) is 30.4 Å². The first kappa shape index (κ1) is 18.7. The predicted octanol–water partition coefficient (Wildman–Crippen LogP) is 4.40. The maximum atomic E-state index is 4.73. The monoisotopic (exact) mass is 411 g/mol. The van der Waals surface area contributed by atoms with E-state index in [-0.39, 0.29) is 0 Å². The van der Waals surface area contributed by atoms with E-state index in [2.05, 4.69) is 44.4 Å². The number of aromatic nitrogens is 5. The first-order valence-corrected chi connectivity index (χ1v) is 10.6. The zero-order valence-corrected chi connectivity index (χ0v) is 17.8. The first-order chi connectivity index (χ1) is 13.5. The fraction of sp³-hybridized carbons (Fsp3) is 0.316. The quantitative estimate of drug-likeness (QED) is 0.486. The third kappa shape index (κ3) is 3.95. The highest BCUT2D eigenvalue weighted by molar-refractivity contribution is 7.11. The molecule has 0 aliphatic heterocycles. The Kier molecular flexibility index (Phi) is 5.19. The summed E-state index contributed by atoms with van der Waals surface area (Å²) in [5.74, 6) is 1.36. The summed E-state index contributed by atoms with van der Waals surface area (Å²) in [5.41, 5.74) is 3.43. The van der Waals surface area contributed by atoms with Crippen LogP contribution in [0.15, 0.2) is 18.3 Å². The number of thiazole rings is 2. The summed E-state index contributed by atoms with van der Waals surface area (Å²) in [5, 5.41) is 8.91. The third-order valence-electron chi connectivity index (χ3n) is 4.29. The Bertz CT molecular complexity index is 1040. The second-order valence-electron chi connectivity index (χ2n) is 6.45. The molecule has 0 aliphatic rings.